The fraction of sp³-hybridized carbons (Fsp3) is 0.423. The summed E-state index contributed by atoms with van der Waals surface area (Å²) in [4.78, 5) is 6.28. The molecule has 0 fully saturated rings. The molecular weight excluding hydrogens is 372 g/mol. The van der Waals surface area contributed by atoms with Crippen molar-refractivity contribution in [3.05, 3.63) is 81.3 Å². The lowest BCUT2D eigenvalue weighted by Crippen LogP contribution is -2.21. The normalized spacial score (nSPS) is 16.8. The summed E-state index contributed by atoms with van der Waals surface area (Å²) in [6.07, 6.45) is 4.67. The maximum atomic E-state index is 4.82. The average Bonchev–Trinajstić information content (AvgIpc) is 3.37. The number of benzene rings is 2. The molecule has 152 valence electrons. The molecule has 2 aliphatic heterocycles. The minimum atomic E-state index is 0.664. The van der Waals surface area contributed by atoms with Crippen molar-refractivity contribution in [1.82, 2.24) is 5.32 Å². The lowest BCUT2D eigenvalue weighted by Gasteiger charge is -2.14. The van der Waals surface area contributed by atoms with Crippen molar-refractivity contribution in [2.75, 3.05) is 18.8 Å². The Labute approximate surface area is 179 Å². The first-order valence-corrected chi connectivity index (χ1v) is 12.0. The molecule has 3 heteroatoms. The largest absolute Gasteiger partial charge is 0.312 e. The van der Waals surface area contributed by atoms with Gasteiger partial charge in [0.2, 0.25) is 0 Å². The molecule has 2 aliphatic rings. The van der Waals surface area contributed by atoms with Gasteiger partial charge in [-0.2, -0.15) is 0 Å². The zero-order valence-corrected chi connectivity index (χ0v) is 18.5. The quantitative estimate of drug-likeness (QED) is 0.571. The first-order valence-electron chi connectivity index (χ1n) is 11.0. The molecule has 4 rings (SSSR count). The predicted molar refractivity (Wildman–Crippen MR) is 127 cm³/mol. The van der Waals surface area contributed by atoms with Crippen LogP contribution in [0.25, 0.3) is 0 Å². The summed E-state index contributed by atoms with van der Waals surface area (Å²) >= 11 is 1.99. The number of hydrogen-bond acceptors (Lipinski definition) is 3. The van der Waals surface area contributed by atoms with Crippen LogP contribution in [0.15, 0.2) is 64.0 Å². The van der Waals surface area contributed by atoms with E-state index in [9.17, 15) is 0 Å². The minimum Gasteiger partial charge on any atom is -0.312 e. The Bertz CT molecular complexity index is 895. The molecule has 2 heterocycles. The summed E-state index contributed by atoms with van der Waals surface area (Å²) in [5, 5.41) is 3.63. The zero-order valence-electron chi connectivity index (χ0n) is 17.7. The third-order valence-corrected chi connectivity index (χ3v) is 7.17. The smallest absolute Gasteiger partial charge is 0.0786 e. The van der Waals surface area contributed by atoms with Gasteiger partial charge in [0.25, 0.3) is 0 Å². The summed E-state index contributed by atoms with van der Waals surface area (Å²) in [5.74, 6) is 1.90. The average molecular weight is 405 g/mol. The molecule has 29 heavy (non-hydrogen) atoms. The summed E-state index contributed by atoms with van der Waals surface area (Å²) in [6.45, 7) is 7.50. The van der Waals surface area contributed by atoms with E-state index in [2.05, 4.69) is 67.7 Å². The molecule has 2 aromatic rings. The van der Waals surface area contributed by atoms with Crippen LogP contribution in [0.4, 0.5) is 0 Å². The molecule has 0 spiro atoms. The number of rotatable bonds is 9. The summed E-state index contributed by atoms with van der Waals surface area (Å²) in [5.41, 5.74) is 8.32. The van der Waals surface area contributed by atoms with E-state index < -0.39 is 0 Å². The number of aryl methyl sites for hydroxylation is 2. The van der Waals surface area contributed by atoms with Crippen LogP contribution < -0.4 is 5.32 Å². The molecular formula is C26H32N2S. The molecule has 0 radical (unpaired) electrons. The maximum Gasteiger partial charge on any atom is 0.0786 e. The van der Waals surface area contributed by atoms with E-state index in [0.29, 0.717) is 5.92 Å². The summed E-state index contributed by atoms with van der Waals surface area (Å²) in [7, 11) is 0. The molecule has 0 bridgehead atoms. The van der Waals surface area contributed by atoms with Gasteiger partial charge < -0.3 is 5.32 Å². The Balaban J connectivity index is 1.24. The molecule has 0 aliphatic carbocycles. The Morgan fingerprint density at radius 1 is 1.07 bits per heavy atom. The van der Waals surface area contributed by atoms with Crippen LogP contribution in [0, 0.1) is 5.92 Å². The van der Waals surface area contributed by atoms with Crippen LogP contribution in [0.5, 0.6) is 0 Å². The number of thioether (sulfide) groups is 1. The second-order valence-electron chi connectivity index (χ2n) is 8.34. The number of nitrogens with one attached hydrogen (secondary N) is 1. The standard InChI is InChI=1S/C26H32N2S/c1-3-20-9-11-22(12-10-20)17-27-16-19(2)7-8-21-5-4-6-23(15-21)25-26-24(18-28-25)13-14-29-26/h4-6,9-12,15,19,27H,3,7-8,13-14,16-18H2,1-2H3. The highest BCUT2D eigenvalue weighted by molar-refractivity contribution is 8.04. The van der Waals surface area contributed by atoms with Gasteiger partial charge in [-0.15, -0.1) is 11.8 Å². The number of allylic oxidation sites excluding steroid dienone is 1. The van der Waals surface area contributed by atoms with Crippen LogP contribution in [0.2, 0.25) is 0 Å². The van der Waals surface area contributed by atoms with E-state index in [0.717, 1.165) is 32.5 Å². The van der Waals surface area contributed by atoms with Gasteiger partial charge >= 0.3 is 0 Å². The third kappa shape index (κ3) is 5.21. The van der Waals surface area contributed by atoms with Gasteiger partial charge in [0.05, 0.1) is 12.3 Å². The second kappa shape index (κ2) is 9.77. The third-order valence-electron chi connectivity index (χ3n) is 5.99. The Morgan fingerprint density at radius 2 is 1.90 bits per heavy atom. The van der Waals surface area contributed by atoms with Crippen molar-refractivity contribution in [3.8, 4) is 0 Å². The first-order chi connectivity index (χ1) is 14.2. The van der Waals surface area contributed by atoms with Crippen molar-refractivity contribution in [3.63, 3.8) is 0 Å². The van der Waals surface area contributed by atoms with Gasteiger partial charge in [0.1, 0.15) is 0 Å². The molecule has 0 amide bonds. The summed E-state index contributed by atoms with van der Waals surface area (Å²) in [6, 6.07) is 18.0. The van der Waals surface area contributed by atoms with Crippen molar-refractivity contribution in [1.29, 1.82) is 0 Å². The molecule has 1 atom stereocenters. The zero-order chi connectivity index (χ0) is 20.1. The van der Waals surface area contributed by atoms with Crippen LogP contribution in [-0.4, -0.2) is 24.6 Å². The van der Waals surface area contributed by atoms with E-state index in [1.165, 1.54) is 51.5 Å². The van der Waals surface area contributed by atoms with E-state index >= 15 is 0 Å². The second-order valence-corrected chi connectivity index (χ2v) is 9.45. The van der Waals surface area contributed by atoms with Crippen LogP contribution in [0.3, 0.4) is 0 Å². The van der Waals surface area contributed by atoms with Gasteiger partial charge in [0.15, 0.2) is 0 Å². The SMILES string of the molecule is CCc1ccc(CNCC(C)CCc2cccc(C3=NCC4=C3SCC4)c2)cc1. The molecule has 2 nitrogen and oxygen atoms in total. The Kier molecular flexibility index (Phi) is 6.89. The number of nitrogens with zero attached hydrogens (tertiary/aromatic N) is 1. The molecule has 1 N–H and O–H groups in total. The molecule has 0 saturated carbocycles. The lowest BCUT2D eigenvalue weighted by molar-refractivity contribution is 0.481. The molecule has 1 unspecified atom stereocenters. The molecule has 0 aromatic heterocycles. The topological polar surface area (TPSA) is 24.4 Å². The highest BCUT2D eigenvalue weighted by Gasteiger charge is 2.25. The fourth-order valence-corrected chi connectivity index (χ4v) is 5.33. The monoisotopic (exact) mass is 404 g/mol. The van der Waals surface area contributed by atoms with E-state index in [1.54, 1.807) is 5.57 Å². The number of hydrogen-bond donors (Lipinski definition) is 1. The van der Waals surface area contributed by atoms with Crippen LogP contribution in [-0.2, 0) is 19.4 Å². The number of aliphatic imine (C=N–C) groups is 1. The van der Waals surface area contributed by atoms with Crippen molar-refractivity contribution in [2.24, 2.45) is 10.9 Å². The fourth-order valence-electron chi connectivity index (χ4n) is 4.09. The van der Waals surface area contributed by atoms with Gasteiger partial charge in [-0.3, -0.25) is 4.99 Å². The lowest BCUT2D eigenvalue weighted by atomic mass is 9.98. The minimum absolute atomic E-state index is 0.664. The Morgan fingerprint density at radius 3 is 2.72 bits per heavy atom. The van der Waals surface area contributed by atoms with Crippen molar-refractivity contribution >= 4 is 17.5 Å². The van der Waals surface area contributed by atoms with Gasteiger partial charge in [-0.05, 0) is 66.5 Å². The highest BCUT2D eigenvalue weighted by Crippen LogP contribution is 2.38. The van der Waals surface area contributed by atoms with Crippen LogP contribution >= 0.6 is 11.8 Å². The summed E-state index contributed by atoms with van der Waals surface area (Å²) < 4.78 is 0. The van der Waals surface area contributed by atoms with Crippen molar-refractivity contribution < 1.29 is 0 Å². The predicted octanol–water partition coefficient (Wildman–Crippen LogP) is 5.80. The van der Waals surface area contributed by atoms with E-state index in [1.807, 2.05) is 11.8 Å². The van der Waals surface area contributed by atoms with Gasteiger partial charge in [0, 0.05) is 22.8 Å². The maximum absolute atomic E-state index is 4.82. The first kappa shape index (κ1) is 20.4. The Hall–Kier alpha value is -1.84. The van der Waals surface area contributed by atoms with E-state index in [-0.39, 0.29) is 0 Å². The van der Waals surface area contributed by atoms with E-state index in [4.69, 9.17) is 4.99 Å². The van der Waals surface area contributed by atoms with Crippen molar-refractivity contribution in [2.45, 2.75) is 46.1 Å². The highest BCUT2D eigenvalue weighted by atomic mass is 32.2. The molecule has 0 saturated heterocycles. The van der Waals surface area contributed by atoms with Gasteiger partial charge in [-0.1, -0.05) is 56.3 Å². The molecule has 2 aromatic carbocycles. The van der Waals surface area contributed by atoms with Crippen LogP contribution in [0.1, 0.15) is 48.9 Å². The van der Waals surface area contributed by atoms with Gasteiger partial charge in [-0.25, -0.2) is 0 Å².